The molecule has 2 N–H and O–H groups in total. The predicted molar refractivity (Wildman–Crippen MR) is 155 cm³/mol. The number of carbonyl (C=O) groups is 1. The molecule has 0 radical (unpaired) electrons. The minimum absolute atomic E-state index is 0.0218. The van der Waals surface area contributed by atoms with Gasteiger partial charge in [0, 0.05) is 10.7 Å². The number of ether oxygens (including phenoxy) is 1. The number of anilines is 3. The number of nitrogens with zero attached hydrogens (tertiary/aromatic N) is 1. The number of amides is 1. The Balaban J connectivity index is 1.31. The molecule has 1 aliphatic heterocycles. The van der Waals surface area contributed by atoms with Gasteiger partial charge in [-0.1, -0.05) is 60.1 Å². The zero-order valence-electron chi connectivity index (χ0n) is 20.9. The number of para-hydroxylation sites is 2. The van der Waals surface area contributed by atoms with Crippen molar-refractivity contribution < 1.29 is 26.4 Å². The summed E-state index contributed by atoms with van der Waals surface area (Å²) in [5, 5.41) is 3.07. The van der Waals surface area contributed by atoms with Gasteiger partial charge >= 0.3 is 0 Å². The Kier molecular flexibility index (Phi) is 7.70. The maximum atomic E-state index is 13.4. The lowest BCUT2D eigenvalue weighted by molar-refractivity contribution is -0.122. The highest BCUT2D eigenvalue weighted by Crippen LogP contribution is 2.36. The predicted octanol–water partition coefficient (Wildman–Crippen LogP) is 4.88. The maximum Gasteiger partial charge on any atom is 0.267 e. The first-order chi connectivity index (χ1) is 19.1. The zero-order valence-corrected chi connectivity index (χ0v) is 23.3. The summed E-state index contributed by atoms with van der Waals surface area (Å²) in [5.74, 6) is -0.559. The highest BCUT2D eigenvalue weighted by atomic mass is 35.5. The molecule has 1 heterocycles. The summed E-state index contributed by atoms with van der Waals surface area (Å²) in [5.41, 5.74) is 1.59. The van der Waals surface area contributed by atoms with Crippen LogP contribution >= 0.6 is 11.6 Å². The second-order valence-corrected chi connectivity index (χ2v) is 13.0. The van der Waals surface area contributed by atoms with E-state index in [4.69, 9.17) is 16.3 Å². The average Bonchev–Trinajstić information content (AvgIpc) is 2.93. The van der Waals surface area contributed by atoms with Crippen LogP contribution in [0.25, 0.3) is 0 Å². The lowest BCUT2D eigenvalue weighted by atomic mass is 10.2. The molecule has 0 saturated heterocycles. The smallest absolute Gasteiger partial charge is 0.267 e. The van der Waals surface area contributed by atoms with Gasteiger partial charge in [0.1, 0.15) is 5.75 Å². The number of hydrogen-bond donors (Lipinski definition) is 2. The molecule has 1 aliphatic rings. The topological polar surface area (TPSA) is 122 Å². The van der Waals surface area contributed by atoms with Crippen molar-refractivity contribution in [2.45, 2.75) is 16.8 Å². The average molecular weight is 598 g/mol. The number of fused-ring (bicyclic) bond motifs is 1. The molecule has 0 aliphatic carbocycles. The summed E-state index contributed by atoms with van der Waals surface area (Å²) in [6.45, 7) is -0.228. The van der Waals surface area contributed by atoms with E-state index in [1.54, 1.807) is 72.8 Å². The Bertz CT molecular complexity index is 1750. The van der Waals surface area contributed by atoms with Crippen molar-refractivity contribution in [2.24, 2.45) is 0 Å². The second kappa shape index (κ2) is 11.2. The first kappa shape index (κ1) is 27.5. The molecule has 4 aromatic rings. The number of nitrogens with one attached hydrogen (secondary N) is 2. The molecule has 1 atom stereocenters. The van der Waals surface area contributed by atoms with Crippen molar-refractivity contribution in [1.82, 2.24) is 0 Å². The lowest BCUT2D eigenvalue weighted by Gasteiger charge is -2.34. The van der Waals surface area contributed by atoms with Gasteiger partial charge in [0.2, 0.25) is 10.0 Å². The van der Waals surface area contributed by atoms with Gasteiger partial charge in [-0.15, -0.1) is 0 Å². The minimum Gasteiger partial charge on any atom is -0.476 e. The van der Waals surface area contributed by atoms with Crippen molar-refractivity contribution in [3.8, 4) is 5.75 Å². The van der Waals surface area contributed by atoms with Crippen LogP contribution in [0.2, 0.25) is 5.02 Å². The third-order valence-electron chi connectivity index (χ3n) is 6.06. The molecule has 12 heteroatoms. The van der Waals surface area contributed by atoms with Crippen LogP contribution in [0.5, 0.6) is 5.75 Å². The molecular formula is C28H24ClN3O6S2. The highest BCUT2D eigenvalue weighted by molar-refractivity contribution is 7.92. The molecule has 1 amide bonds. The van der Waals surface area contributed by atoms with Crippen molar-refractivity contribution in [1.29, 1.82) is 0 Å². The summed E-state index contributed by atoms with van der Waals surface area (Å²) in [7, 11) is -7.75. The molecule has 0 bridgehead atoms. The molecule has 40 heavy (non-hydrogen) atoms. The van der Waals surface area contributed by atoms with Gasteiger partial charge < -0.3 is 10.1 Å². The van der Waals surface area contributed by atoms with Crippen LogP contribution in [0.15, 0.2) is 108 Å². The van der Waals surface area contributed by atoms with Crippen molar-refractivity contribution in [3.05, 3.63) is 114 Å². The first-order valence-corrected chi connectivity index (χ1v) is 15.6. The molecule has 9 nitrogen and oxygen atoms in total. The standard InChI is InChI=1S/C28H24ClN3O6S2/c29-21-9-6-10-23(17-21)31-40(36,37)24-15-13-22(14-16-24)30-28(33)27-18-32(25-11-4-5-12-26(25)38-27)39(34,35)19-20-7-2-1-3-8-20/h1-17,27,31H,18-19H2,(H,30,33). The Morgan fingerprint density at radius 3 is 2.27 bits per heavy atom. The van der Waals surface area contributed by atoms with E-state index in [1.807, 2.05) is 0 Å². The molecular weight excluding hydrogens is 574 g/mol. The van der Waals surface area contributed by atoms with Gasteiger partial charge in [0.15, 0.2) is 6.10 Å². The third kappa shape index (κ3) is 6.22. The fourth-order valence-electron chi connectivity index (χ4n) is 4.17. The summed E-state index contributed by atoms with van der Waals surface area (Å²) in [4.78, 5) is 13.1. The van der Waals surface area contributed by atoms with Crippen molar-refractivity contribution in [3.63, 3.8) is 0 Å². The molecule has 5 rings (SSSR count). The number of hydrogen-bond acceptors (Lipinski definition) is 6. The number of carbonyl (C=O) groups excluding carboxylic acids is 1. The molecule has 206 valence electrons. The van der Waals surface area contributed by atoms with E-state index >= 15 is 0 Å². The molecule has 0 fully saturated rings. The molecule has 0 aromatic heterocycles. The molecule has 0 spiro atoms. The second-order valence-electron chi connectivity index (χ2n) is 8.98. The highest BCUT2D eigenvalue weighted by Gasteiger charge is 2.36. The van der Waals surface area contributed by atoms with Crippen molar-refractivity contribution in [2.75, 3.05) is 20.9 Å². The van der Waals surface area contributed by atoms with E-state index in [9.17, 15) is 21.6 Å². The fourth-order valence-corrected chi connectivity index (χ4v) is 6.99. The van der Waals surface area contributed by atoms with Crippen molar-refractivity contribution >= 4 is 54.6 Å². The van der Waals surface area contributed by atoms with Crippen LogP contribution in [-0.2, 0) is 30.6 Å². The molecule has 4 aromatic carbocycles. The number of halogens is 1. The zero-order chi connectivity index (χ0) is 28.3. The van der Waals surface area contributed by atoms with E-state index in [0.717, 1.165) is 0 Å². The number of benzene rings is 4. The van der Waals surface area contributed by atoms with E-state index in [-0.39, 0.29) is 22.9 Å². The van der Waals surface area contributed by atoms with Crippen LogP contribution in [0.1, 0.15) is 5.56 Å². The quantitative estimate of drug-likeness (QED) is 0.299. The van der Waals surface area contributed by atoms with Gasteiger partial charge in [0.25, 0.3) is 15.9 Å². The Morgan fingerprint density at radius 1 is 0.850 bits per heavy atom. The summed E-state index contributed by atoms with van der Waals surface area (Å²) < 4.78 is 61.8. The van der Waals surface area contributed by atoms with E-state index < -0.39 is 32.1 Å². The SMILES string of the molecule is O=C(Nc1ccc(S(=O)(=O)Nc2cccc(Cl)c2)cc1)C1CN(S(=O)(=O)Cc2ccccc2)c2ccccc2O1. The Hall–Kier alpha value is -4.06. The van der Waals surface area contributed by atoms with Gasteiger partial charge in [0.05, 0.1) is 28.6 Å². The Labute approximate surface area is 237 Å². The fraction of sp³-hybridized carbons (Fsp3) is 0.107. The number of rotatable bonds is 8. The first-order valence-electron chi connectivity index (χ1n) is 12.1. The summed E-state index contributed by atoms with van der Waals surface area (Å²) in [6, 6.07) is 27.3. The van der Waals surface area contributed by atoms with Gasteiger partial charge in [-0.3, -0.25) is 13.8 Å². The van der Waals surface area contributed by atoms with Crippen LogP contribution < -0.4 is 19.1 Å². The molecule has 0 saturated carbocycles. The van der Waals surface area contributed by atoms with Crippen LogP contribution in [-0.4, -0.2) is 35.4 Å². The van der Waals surface area contributed by atoms with Crippen LogP contribution in [0.4, 0.5) is 17.1 Å². The van der Waals surface area contributed by atoms with Crippen LogP contribution in [0, 0.1) is 0 Å². The van der Waals surface area contributed by atoms with Gasteiger partial charge in [-0.25, -0.2) is 16.8 Å². The minimum atomic E-state index is -3.90. The van der Waals surface area contributed by atoms with E-state index in [1.165, 1.54) is 34.6 Å². The lowest BCUT2D eigenvalue weighted by Crippen LogP contribution is -2.49. The summed E-state index contributed by atoms with van der Waals surface area (Å²) >= 11 is 5.93. The molecule has 1 unspecified atom stereocenters. The Morgan fingerprint density at radius 2 is 1.55 bits per heavy atom. The third-order valence-corrected chi connectivity index (χ3v) is 9.41. The monoisotopic (exact) mass is 597 g/mol. The van der Waals surface area contributed by atoms with Gasteiger partial charge in [-0.05, 0) is 60.2 Å². The van der Waals surface area contributed by atoms with Gasteiger partial charge in [-0.2, -0.15) is 0 Å². The summed E-state index contributed by atoms with van der Waals surface area (Å²) in [6.07, 6.45) is -1.15. The largest absolute Gasteiger partial charge is 0.476 e. The van der Waals surface area contributed by atoms with Crippen LogP contribution in [0.3, 0.4) is 0 Å². The van der Waals surface area contributed by atoms with E-state index in [0.29, 0.717) is 27.6 Å². The number of sulfonamides is 2. The normalized spacial score (nSPS) is 15.0. The van der Waals surface area contributed by atoms with E-state index in [2.05, 4.69) is 10.0 Å². The maximum absolute atomic E-state index is 13.4.